The predicted octanol–water partition coefficient (Wildman–Crippen LogP) is 9.88. The van der Waals surface area contributed by atoms with E-state index >= 15 is 0 Å². The third-order valence-corrected chi connectivity index (χ3v) is 8.69. The van der Waals surface area contributed by atoms with Gasteiger partial charge in [0.25, 0.3) is 0 Å². The smallest absolute Gasteiger partial charge is 0.138 e. The standard InChI is InChI=1S/C44H26N4/c1-2-10-34-33(9-1)37(27-21-29-17-23-31(24-18-29)43-45-39-13-5-6-14-40(39)46-43)35-11-3-4-12-36(35)38(34)28-22-30-19-25-32(26-20-30)44-47-41-15-7-8-16-42(41)48-44/h1-20,23-26H,(H,45,46)(H,47,48). The lowest BCUT2D eigenvalue weighted by molar-refractivity contribution is 1.33. The first-order valence-corrected chi connectivity index (χ1v) is 15.8. The maximum atomic E-state index is 4.73. The first-order valence-electron chi connectivity index (χ1n) is 15.8. The molecule has 9 aromatic rings. The van der Waals surface area contributed by atoms with Crippen molar-refractivity contribution in [2.75, 3.05) is 0 Å². The Morgan fingerprint density at radius 2 is 0.708 bits per heavy atom. The van der Waals surface area contributed by atoms with Crippen LogP contribution in [0.25, 0.3) is 66.4 Å². The second kappa shape index (κ2) is 11.5. The summed E-state index contributed by atoms with van der Waals surface area (Å²) in [6.07, 6.45) is 0. The Balaban J connectivity index is 1.07. The average molecular weight is 611 g/mol. The summed E-state index contributed by atoms with van der Waals surface area (Å²) in [7, 11) is 0. The largest absolute Gasteiger partial charge is 0.338 e. The molecule has 0 aliphatic rings. The normalized spacial score (nSPS) is 11.0. The lowest BCUT2D eigenvalue weighted by Crippen LogP contribution is -1.90. The van der Waals surface area contributed by atoms with Gasteiger partial charge in [0, 0.05) is 33.4 Å². The van der Waals surface area contributed by atoms with Crippen LogP contribution in [-0.4, -0.2) is 19.9 Å². The number of hydrogen-bond donors (Lipinski definition) is 2. The summed E-state index contributed by atoms with van der Waals surface area (Å²) >= 11 is 0. The third kappa shape index (κ3) is 4.95. The highest BCUT2D eigenvalue weighted by Gasteiger charge is 2.12. The molecule has 0 spiro atoms. The van der Waals surface area contributed by atoms with E-state index in [1.165, 1.54) is 0 Å². The van der Waals surface area contributed by atoms with E-state index in [0.717, 1.165) is 88.6 Å². The first-order chi connectivity index (χ1) is 23.8. The molecule has 0 unspecified atom stereocenters. The molecule has 0 aliphatic heterocycles. The lowest BCUT2D eigenvalue weighted by atomic mass is 9.92. The molecule has 0 fully saturated rings. The number of nitrogens with zero attached hydrogens (tertiary/aromatic N) is 2. The van der Waals surface area contributed by atoms with Crippen molar-refractivity contribution >= 4 is 43.6 Å². The molecule has 4 heteroatoms. The van der Waals surface area contributed by atoms with Gasteiger partial charge >= 0.3 is 0 Å². The van der Waals surface area contributed by atoms with E-state index in [1.807, 2.05) is 48.5 Å². The highest BCUT2D eigenvalue weighted by molar-refractivity contribution is 6.09. The molecular formula is C44H26N4. The van der Waals surface area contributed by atoms with Gasteiger partial charge in [0.05, 0.1) is 22.1 Å². The summed E-state index contributed by atoms with van der Waals surface area (Å²) in [5.41, 5.74) is 9.92. The van der Waals surface area contributed by atoms with E-state index in [0.29, 0.717) is 0 Å². The Kier molecular flexibility index (Phi) is 6.56. The van der Waals surface area contributed by atoms with Crippen LogP contribution in [0.15, 0.2) is 146 Å². The van der Waals surface area contributed by atoms with Crippen molar-refractivity contribution in [2.45, 2.75) is 0 Å². The minimum absolute atomic E-state index is 0.853. The molecule has 0 radical (unpaired) electrons. The molecule has 0 saturated carbocycles. The Labute approximate surface area is 277 Å². The average Bonchev–Trinajstić information content (AvgIpc) is 3.79. The van der Waals surface area contributed by atoms with Gasteiger partial charge in [0.1, 0.15) is 11.6 Å². The number of H-pyrrole nitrogens is 2. The molecule has 2 aromatic heterocycles. The number of fused-ring (bicyclic) bond motifs is 4. The van der Waals surface area contributed by atoms with Crippen LogP contribution in [0.2, 0.25) is 0 Å². The van der Waals surface area contributed by atoms with Crippen LogP contribution in [0.1, 0.15) is 22.3 Å². The van der Waals surface area contributed by atoms with Gasteiger partial charge in [-0.05, 0) is 70.1 Å². The van der Waals surface area contributed by atoms with Crippen LogP contribution in [0.5, 0.6) is 0 Å². The van der Waals surface area contributed by atoms with Gasteiger partial charge in [-0.1, -0.05) is 121 Å². The maximum Gasteiger partial charge on any atom is 0.138 e. The molecule has 222 valence electrons. The molecule has 2 heterocycles. The second-order valence-electron chi connectivity index (χ2n) is 11.7. The highest BCUT2D eigenvalue weighted by Crippen LogP contribution is 2.32. The molecule has 4 nitrogen and oxygen atoms in total. The number of para-hydroxylation sites is 4. The van der Waals surface area contributed by atoms with Crippen molar-refractivity contribution in [1.29, 1.82) is 0 Å². The number of aromatic amines is 2. The molecule has 7 aromatic carbocycles. The summed E-state index contributed by atoms with van der Waals surface area (Å²) in [5.74, 6) is 15.6. The van der Waals surface area contributed by atoms with Gasteiger partial charge in [0.15, 0.2) is 0 Å². The molecule has 48 heavy (non-hydrogen) atoms. The number of rotatable bonds is 2. The van der Waals surface area contributed by atoms with Crippen molar-refractivity contribution in [3.05, 3.63) is 168 Å². The number of nitrogens with one attached hydrogen (secondary N) is 2. The van der Waals surface area contributed by atoms with Crippen LogP contribution in [0, 0.1) is 23.7 Å². The number of aromatic nitrogens is 4. The molecule has 0 atom stereocenters. The van der Waals surface area contributed by atoms with Crippen molar-refractivity contribution < 1.29 is 0 Å². The number of benzene rings is 7. The van der Waals surface area contributed by atoms with E-state index in [9.17, 15) is 0 Å². The number of imidazole rings is 2. The molecule has 0 bridgehead atoms. The van der Waals surface area contributed by atoms with Crippen LogP contribution in [0.4, 0.5) is 0 Å². The zero-order valence-electron chi connectivity index (χ0n) is 25.8. The quantitative estimate of drug-likeness (QED) is 0.151. The summed E-state index contributed by atoms with van der Waals surface area (Å²) in [4.78, 5) is 16.3. The minimum atomic E-state index is 0.853. The molecule has 0 amide bonds. The predicted molar refractivity (Wildman–Crippen MR) is 196 cm³/mol. The van der Waals surface area contributed by atoms with Crippen LogP contribution < -0.4 is 0 Å². The Bertz CT molecular complexity index is 2460. The van der Waals surface area contributed by atoms with E-state index < -0.39 is 0 Å². The van der Waals surface area contributed by atoms with Crippen LogP contribution in [-0.2, 0) is 0 Å². The summed E-state index contributed by atoms with van der Waals surface area (Å²) in [6, 6.07) is 49.5. The summed E-state index contributed by atoms with van der Waals surface area (Å²) in [5, 5.41) is 4.36. The van der Waals surface area contributed by atoms with Gasteiger partial charge in [-0.2, -0.15) is 0 Å². The Morgan fingerprint density at radius 3 is 1.08 bits per heavy atom. The summed E-state index contributed by atoms with van der Waals surface area (Å²) < 4.78 is 0. The minimum Gasteiger partial charge on any atom is -0.338 e. The number of hydrogen-bond acceptors (Lipinski definition) is 2. The molecule has 2 N–H and O–H groups in total. The Hall–Kier alpha value is -6.88. The topological polar surface area (TPSA) is 57.4 Å². The van der Waals surface area contributed by atoms with E-state index in [-0.39, 0.29) is 0 Å². The van der Waals surface area contributed by atoms with Crippen LogP contribution in [0.3, 0.4) is 0 Å². The SMILES string of the molecule is C(#Cc1c2ccccc2c(C#Cc2ccc(-c3nc4ccccc4[nH]3)cc2)c2ccccc12)c1ccc(-c2nc3ccccc3[nH]2)cc1. The second-order valence-corrected chi connectivity index (χ2v) is 11.7. The van der Waals surface area contributed by atoms with Crippen LogP contribution >= 0.6 is 0 Å². The van der Waals surface area contributed by atoms with E-state index in [2.05, 4.69) is 131 Å². The van der Waals surface area contributed by atoms with Gasteiger partial charge in [-0.25, -0.2) is 9.97 Å². The van der Waals surface area contributed by atoms with Gasteiger partial charge in [-0.15, -0.1) is 0 Å². The fraction of sp³-hybridized carbons (Fsp3) is 0. The zero-order chi connectivity index (χ0) is 31.9. The fourth-order valence-corrected chi connectivity index (χ4v) is 6.27. The monoisotopic (exact) mass is 610 g/mol. The van der Waals surface area contributed by atoms with Crippen molar-refractivity contribution in [3.8, 4) is 46.5 Å². The van der Waals surface area contributed by atoms with E-state index in [1.54, 1.807) is 0 Å². The third-order valence-electron chi connectivity index (χ3n) is 8.69. The highest BCUT2D eigenvalue weighted by atomic mass is 14.9. The Morgan fingerprint density at radius 1 is 0.354 bits per heavy atom. The molecular weight excluding hydrogens is 585 g/mol. The van der Waals surface area contributed by atoms with E-state index in [4.69, 9.17) is 9.97 Å². The maximum absolute atomic E-state index is 4.73. The van der Waals surface area contributed by atoms with Crippen molar-refractivity contribution in [1.82, 2.24) is 19.9 Å². The zero-order valence-corrected chi connectivity index (χ0v) is 25.8. The van der Waals surface area contributed by atoms with Gasteiger partial charge in [-0.3, -0.25) is 0 Å². The van der Waals surface area contributed by atoms with Gasteiger partial charge < -0.3 is 9.97 Å². The van der Waals surface area contributed by atoms with Crippen molar-refractivity contribution in [2.24, 2.45) is 0 Å². The first kappa shape index (κ1) is 27.4. The lowest BCUT2D eigenvalue weighted by Gasteiger charge is -2.10. The van der Waals surface area contributed by atoms with Crippen molar-refractivity contribution in [3.63, 3.8) is 0 Å². The molecule has 0 aliphatic carbocycles. The fourth-order valence-electron chi connectivity index (χ4n) is 6.27. The van der Waals surface area contributed by atoms with Gasteiger partial charge in [0.2, 0.25) is 0 Å². The molecule has 0 saturated heterocycles. The summed E-state index contributed by atoms with van der Waals surface area (Å²) in [6.45, 7) is 0. The molecule has 9 rings (SSSR count).